The van der Waals surface area contributed by atoms with Gasteiger partial charge >= 0.3 is 0 Å². The molecule has 0 atom stereocenters. The van der Waals surface area contributed by atoms with Gasteiger partial charge in [-0.1, -0.05) is 54.5 Å². The highest BCUT2D eigenvalue weighted by atomic mass is 32.2. The summed E-state index contributed by atoms with van der Waals surface area (Å²) in [5.41, 5.74) is 3.46. The molecule has 1 amide bonds. The van der Waals surface area contributed by atoms with E-state index in [9.17, 15) is 14.4 Å². The van der Waals surface area contributed by atoms with Crippen LogP contribution in [-0.2, 0) is 11.3 Å². The van der Waals surface area contributed by atoms with Gasteiger partial charge in [-0.3, -0.25) is 4.79 Å². The lowest BCUT2D eigenvalue weighted by molar-refractivity contribution is -0.113. The largest absolute Gasteiger partial charge is 0.356 e. The smallest absolute Gasteiger partial charge is 0.235 e. The molecule has 1 saturated carbocycles. The van der Waals surface area contributed by atoms with E-state index >= 15 is 0 Å². The molecule has 1 aromatic carbocycles. The maximum absolute atomic E-state index is 13.0. The van der Waals surface area contributed by atoms with Crippen LogP contribution in [0.1, 0.15) is 60.5 Å². The molecule has 178 valence electrons. The third-order valence-electron chi connectivity index (χ3n) is 6.16. The van der Waals surface area contributed by atoms with Crippen LogP contribution in [0, 0.1) is 31.0 Å². The molecule has 1 aliphatic rings. The summed E-state index contributed by atoms with van der Waals surface area (Å²) in [6.45, 7) is 4.48. The lowest BCUT2D eigenvalue weighted by Crippen LogP contribution is -2.21. The van der Waals surface area contributed by atoms with Crippen molar-refractivity contribution in [1.82, 2.24) is 14.8 Å². The molecule has 2 aromatic heterocycles. The standard InChI is InChI=1S/C24H27FN6OS2/c1-15-16(2)31(19-6-4-3-5-7-19)22(20(15)12-26)28-21(32)14-33-24-30-29-23(34-24)27-13-17-8-10-18(25)11-9-17/h8-11,19H,3-7,13-14H2,1-2H3,(H,27,29)(H,28,32). The Labute approximate surface area is 206 Å². The van der Waals surface area contributed by atoms with Crippen LogP contribution in [0.3, 0.4) is 0 Å². The van der Waals surface area contributed by atoms with E-state index in [1.165, 1.54) is 54.5 Å². The van der Waals surface area contributed by atoms with Gasteiger partial charge < -0.3 is 15.2 Å². The molecular formula is C24H27FN6OS2. The average molecular weight is 499 g/mol. The number of halogens is 1. The van der Waals surface area contributed by atoms with Crippen LogP contribution in [0.25, 0.3) is 0 Å². The van der Waals surface area contributed by atoms with Crippen LogP contribution >= 0.6 is 23.1 Å². The van der Waals surface area contributed by atoms with Gasteiger partial charge in [0.05, 0.1) is 11.3 Å². The third kappa shape index (κ3) is 5.59. The Bertz CT molecular complexity index is 1190. The van der Waals surface area contributed by atoms with E-state index in [2.05, 4.69) is 31.5 Å². The molecule has 0 radical (unpaired) electrons. The molecule has 3 aromatic rings. The van der Waals surface area contributed by atoms with Crippen molar-refractivity contribution < 1.29 is 9.18 Å². The number of hydrogen-bond acceptors (Lipinski definition) is 7. The van der Waals surface area contributed by atoms with E-state index < -0.39 is 0 Å². The minimum Gasteiger partial charge on any atom is -0.356 e. The number of aromatic nitrogens is 3. The van der Waals surface area contributed by atoms with Crippen molar-refractivity contribution >= 4 is 40.0 Å². The van der Waals surface area contributed by atoms with Crippen LogP contribution < -0.4 is 10.6 Å². The quantitative estimate of drug-likeness (QED) is 0.380. The van der Waals surface area contributed by atoms with Crippen molar-refractivity contribution in [2.45, 2.75) is 62.9 Å². The van der Waals surface area contributed by atoms with Crippen molar-refractivity contribution in [3.63, 3.8) is 0 Å². The molecule has 34 heavy (non-hydrogen) atoms. The molecule has 2 N–H and O–H groups in total. The van der Waals surface area contributed by atoms with Gasteiger partial charge in [0.25, 0.3) is 0 Å². The fourth-order valence-corrected chi connectivity index (χ4v) is 5.85. The molecule has 1 fully saturated rings. The van der Waals surface area contributed by atoms with Crippen molar-refractivity contribution in [3.8, 4) is 6.07 Å². The van der Waals surface area contributed by atoms with Crippen molar-refractivity contribution in [2.24, 2.45) is 0 Å². The van der Waals surface area contributed by atoms with Crippen LogP contribution in [-0.4, -0.2) is 26.4 Å². The number of rotatable bonds is 8. The SMILES string of the molecule is Cc1c(C#N)c(NC(=O)CSc2nnc(NCc3ccc(F)cc3)s2)n(C2CCCCC2)c1C. The third-order valence-corrected chi connectivity index (χ3v) is 8.17. The van der Waals surface area contributed by atoms with Gasteiger partial charge in [-0.15, -0.1) is 10.2 Å². The lowest BCUT2D eigenvalue weighted by atomic mass is 9.95. The summed E-state index contributed by atoms with van der Waals surface area (Å²) >= 11 is 2.67. The second-order valence-corrected chi connectivity index (χ2v) is 10.6. The summed E-state index contributed by atoms with van der Waals surface area (Å²) in [5, 5.41) is 24.8. The Kier molecular flexibility index (Phi) is 7.85. The van der Waals surface area contributed by atoms with Gasteiger partial charge in [0.1, 0.15) is 17.7 Å². The first kappa shape index (κ1) is 24.2. The fourth-order valence-electron chi connectivity index (χ4n) is 4.30. The predicted octanol–water partition coefficient (Wildman–Crippen LogP) is 5.82. The first-order valence-corrected chi connectivity index (χ1v) is 13.1. The Hall–Kier alpha value is -2.90. The first-order valence-electron chi connectivity index (χ1n) is 11.3. The van der Waals surface area contributed by atoms with E-state index in [0.29, 0.717) is 33.4 Å². The van der Waals surface area contributed by atoms with Gasteiger partial charge in [0, 0.05) is 18.3 Å². The minimum atomic E-state index is -0.269. The summed E-state index contributed by atoms with van der Waals surface area (Å²) in [6, 6.07) is 8.87. The average Bonchev–Trinajstić information content (AvgIpc) is 3.40. The zero-order chi connectivity index (χ0) is 24.1. The predicted molar refractivity (Wildman–Crippen MR) is 134 cm³/mol. The van der Waals surface area contributed by atoms with Crippen LogP contribution in [0.5, 0.6) is 0 Å². The van der Waals surface area contributed by atoms with E-state index in [-0.39, 0.29) is 17.5 Å². The molecule has 4 rings (SSSR count). The Morgan fingerprint density at radius 2 is 1.97 bits per heavy atom. The minimum absolute atomic E-state index is 0.172. The maximum atomic E-state index is 13.0. The number of nitriles is 1. The molecular weight excluding hydrogens is 471 g/mol. The number of carbonyl (C=O) groups excluding carboxylic acids is 1. The van der Waals surface area contributed by atoms with E-state index in [0.717, 1.165) is 29.7 Å². The summed E-state index contributed by atoms with van der Waals surface area (Å²) in [7, 11) is 0. The number of benzene rings is 1. The zero-order valence-corrected chi connectivity index (χ0v) is 20.9. The molecule has 7 nitrogen and oxygen atoms in total. The number of thioether (sulfide) groups is 1. The Balaban J connectivity index is 1.37. The van der Waals surface area contributed by atoms with Gasteiger partial charge in [-0.25, -0.2) is 4.39 Å². The summed E-state index contributed by atoms with van der Waals surface area (Å²) in [5.74, 6) is 0.349. The number of nitrogens with one attached hydrogen (secondary N) is 2. The van der Waals surface area contributed by atoms with Gasteiger partial charge in [0.15, 0.2) is 4.34 Å². The van der Waals surface area contributed by atoms with Crippen LogP contribution in [0.2, 0.25) is 0 Å². The number of hydrogen-bond donors (Lipinski definition) is 2. The molecule has 0 unspecified atom stereocenters. The van der Waals surface area contributed by atoms with Crippen LogP contribution in [0.15, 0.2) is 28.6 Å². The number of nitrogens with zero attached hydrogens (tertiary/aromatic N) is 4. The highest BCUT2D eigenvalue weighted by molar-refractivity contribution is 8.01. The zero-order valence-electron chi connectivity index (χ0n) is 19.2. The summed E-state index contributed by atoms with van der Waals surface area (Å²) < 4.78 is 15.9. The highest BCUT2D eigenvalue weighted by Gasteiger charge is 2.26. The van der Waals surface area contributed by atoms with E-state index in [1.807, 2.05) is 13.8 Å². The van der Waals surface area contributed by atoms with Crippen molar-refractivity contribution in [2.75, 3.05) is 16.4 Å². The van der Waals surface area contributed by atoms with Crippen molar-refractivity contribution in [3.05, 3.63) is 52.5 Å². The summed E-state index contributed by atoms with van der Waals surface area (Å²) in [6.07, 6.45) is 5.70. The second-order valence-electron chi connectivity index (χ2n) is 8.40. The molecule has 0 saturated heterocycles. The van der Waals surface area contributed by atoms with Gasteiger partial charge in [-0.2, -0.15) is 5.26 Å². The molecule has 2 heterocycles. The highest BCUT2D eigenvalue weighted by Crippen LogP contribution is 2.37. The molecule has 0 bridgehead atoms. The molecule has 0 spiro atoms. The Morgan fingerprint density at radius 3 is 2.68 bits per heavy atom. The molecule has 0 aliphatic heterocycles. The monoisotopic (exact) mass is 498 g/mol. The van der Waals surface area contributed by atoms with E-state index in [1.54, 1.807) is 12.1 Å². The maximum Gasteiger partial charge on any atom is 0.235 e. The fraction of sp³-hybridized carbons (Fsp3) is 0.417. The van der Waals surface area contributed by atoms with Gasteiger partial charge in [0.2, 0.25) is 11.0 Å². The van der Waals surface area contributed by atoms with Crippen LogP contribution in [0.4, 0.5) is 15.3 Å². The number of anilines is 2. The topological polar surface area (TPSA) is 95.6 Å². The summed E-state index contributed by atoms with van der Waals surface area (Å²) in [4.78, 5) is 12.8. The van der Waals surface area contributed by atoms with Crippen molar-refractivity contribution in [1.29, 1.82) is 5.26 Å². The second kappa shape index (κ2) is 11.0. The molecule has 1 aliphatic carbocycles. The van der Waals surface area contributed by atoms with E-state index in [4.69, 9.17) is 0 Å². The normalized spacial score (nSPS) is 14.1. The van der Waals surface area contributed by atoms with Gasteiger partial charge in [-0.05, 0) is 49.9 Å². The molecule has 10 heteroatoms. The lowest BCUT2D eigenvalue weighted by Gasteiger charge is -2.27. The first-order chi connectivity index (χ1) is 16.5. The number of carbonyl (C=O) groups is 1. The number of amides is 1. The Morgan fingerprint density at radius 1 is 1.24 bits per heavy atom.